The van der Waals surface area contributed by atoms with Gasteiger partial charge in [-0.1, -0.05) is 34.1 Å². The van der Waals surface area contributed by atoms with Crippen LogP contribution in [0.25, 0.3) is 0 Å². The second kappa shape index (κ2) is 15.8. The summed E-state index contributed by atoms with van der Waals surface area (Å²) in [6.07, 6.45) is 1.25. The zero-order chi connectivity index (χ0) is 6.28. The van der Waals surface area contributed by atoms with Crippen LogP contribution in [0, 0.1) is 0 Å². The fraction of sp³-hybridized carbons (Fsp3) is 1.00. The van der Waals surface area contributed by atoms with E-state index in [0.717, 1.165) is 0 Å². The molecule has 0 saturated carbocycles. The molecule has 0 amide bonds. The van der Waals surface area contributed by atoms with Crippen LogP contribution in [0.5, 0.6) is 0 Å². The van der Waals surface area contributed by atoms with Gasteiger partial charge < -0.3 is 5.73 Å². The summed E-state index contributed by atoms with van der Waals surface area (Å²) in [6, 6.07) is 0.333. The Morgan fingerprint density at radius 1 is 1.25 bits per heavy atom. The summed E-state index contributed by atoms with van der Waals surface area (Å²) in [5.74, 6) is 0. The lowest BCUT2D eigenvalue weighted by atomic mass is 10.5. The van der Waals surface area contributed by atoms with Crippen molar-refractivity contribution in [3.8, 4) is 0 Å². The van der Waals surface area contributed by atoms with Crippen LogP contribution in [0.3, 0.4) is 0 Å². The molecule has 8 heavy (non-hydrogen) atoms. The van der Waals surface area contributed by atoms with Crippen molar-refractivity contribution in [3.63, 3.8) is 0 Å². The average Bonchev–Trinajstić information content (AvgIpc) is 1.33. The summed E-state index contributed by atoms with van der Waals surface area (Å²) in [5, 5.41) is 0. The average molecular weight is 123 g/mol. The van der Waals surface area contributed by atoms with Crippen molar-refractivity contribution < 1.29 is 4.70 Å². The van der Waals surface area contributed by atoms with Crippen LogP contribution in [-0.4, -0.2) is 6.04 Å². The molecule has 0 saturated heterocycles. The minimum Gasteiger partial charge on any atom is -0.328 e. The zero-order valence-electron chi connectivity index (χ0n) is 6.27. The van der Waals surface area contributed by atoms with Crippen molar-refractivity contribution in [1.29, 1.82) is 0 Å². The molecule has 0 fully saturated rings. The second-order valence-electron chi connectivity index (χ2n) is 1.95. The van der Waals surface area contributed by atoms with Gasteiger partial charge in [0.1, 0.15) is 0 Å². The third-order valence-corrected chi connectivity index (χ3v) is 0. The zero-order valence-corrected chi connectivity index (χ0v) is 6.27. The number of rotatable bonds is 0. The molecule has 2 heteroatoms. The minimum atomic E-state index is 0. The first-order chi connectivity index (χ1) is 3.15. The van der Waals surface area contributed by atoms with Crippen LogP contribution < -0.4 is 5.73 Å². The Kier molecular flexibility index (Phi) is 30.9. The van der Waals surface area contributed by atoms with Crippen LogP contribution >= 0.6 is 0 Å². The standard InChI is InChI=1S/C3H9N.C3H8.FH/c1-3(2)4;1-3-2;/h3H,4H2,1-2H3;3H2,1-2H3;1H. The molecule has 0 aromatic heterocycles. The van der Waals surface area contributed by atoms with Crippen molar-refractivity contribution in [2.75, 3.05) is 0 Å². The number of halogens is 1. The van der Waals surface area contributed by atoms with E-state index < -0.39 is 0 Å². The van der Waals surface area contributed by atoms with Gasteiger partial charge in [-0.25, -0.2) is 0 Å². The van der Waals surface area contributed by atoms with Gasteiger partial charge in [-0.15, -0.1) is 0 Å². The Morgan fingerprint density at radius 3 is 1.25 bits per heavy atom. The summed E-state index contributed by atoms with van der Waals surface area (Å²) in [5.41, 5.74) is 5.11. The second-order valence-corrected chi connectivity index (χ2v) is 1.95. The number of hydrogen-bond acceptors (Lipinski definition) is 1. The maximum Gasteiger partial charge on any atom is -0.00179 e. The maximum absolute atomic E-state index is 5.11. The lowest BCUT2D eigenvalue weighted by molar-refractivity contribution is 0.834. The molecule has 0 aliphatic rings. The lowest BCUT2D eigenvalue weighted by Gasteiger charge is -1.81. The predicted octanol–water partition coefficient (Wildman–Crippen LogP) is 1.92. The van der Waals surface area contributed by atoms with Crippen molar-refractivity contribution in [3.05, 3.63) is 0 Å². The Labute approximate surface area is 51.6 Å². The first kappa shape index (κ1) is 15.7. The molecule has 0 aromatic carbocycles. The van der Waals surface area contributed by atoms with Gasteiger partial charge >= 0.3 is 0 Å². The van der Waals surface area contributed by atoms with E-state index in [-0.39, 0.29) is 4.70 Å². The van der Waals surface area contributed by atoms with Crippen LogP contribution in [0.4, 0.5) is 4.70 Å². The molecule has 2 N–H and O–H groups in total. The molecule has 0 aliphatic heterocycles. The van der Waals surface area contributed by atoms with Crippen molar-refractivity contribution in [1.82, 2.24) is 0 Å². The highest BCUT2D eigenvalue weighted by molar-refractivity contribution is 4.32. The summed E-state index contributed by atoms with van der Waals surface area (Å²) >= 11 is 0. The maximum atomic E-state index is 5.11. The van der Waals surface area contributed by atoms with Crippen LogP contribution in [-0.2, 0) is 0 Å². The molecule has 0 unspecified atom stereocenters. The molecule has 1 nitrogen and oxygen atoms in total. The van der Waals surface area contributed by atoms with Crippen LogP contribution in [0.2, 0.25) is 0 Å². The van der Waals surface area contributed by atoms with Gasteiger partial charge in [0.05, 0.1) is 0 Å². The molecular formula is C6H18FN. The monoisotopic (exact) mass is 123 g/mol. The van der Waals surface area contributed by atoms with Crippen LogP contribution in [0.1, 0.15) is 34.1 Å². The first-order valence-corrected chi connectivity index (χ1v) is 2.90. The molecule has 0 rings (SSSR count). The minimum absolute atomic E-state index is 0. The van der Waals surface area contributed by atoms with E-state index in [1.54, 1.807) is 0 Å². The highest BCUT2D eigenvalue weighted by Crippen LogP contribution is 1.58. The molecule has 0 heterocycles. The van der Waals surface area contributed by atoms with E-state index in [0.29, 0.717) is 6.04 Å². The normalized spacial score (nSPS) is 6.75. The highest BCUT2D eigenvalue weighted by Gasteiger charge is 1.67. The van der Waals surface area contributed by atoms with E-state index >= 15 is 0 Å². The molecule has 0 spiro atoms. The van der Waals surface area contributed by atoms with Crippen molar-refractivity contribution in [2.45, 2.75) is 40.2 Å². The Balaban J connectivity index is -0.0000000575. The summed E-state index contributed by atoms with van der Waals surface area (Å²) in [6.45, 7) is 8.14. The summed E-state index contributed by atoms with van der Waals surface area (Å²) in [7, 11) is 0. The van der Waals surface area contributed by atoms with Gasteiger partial charge in [-0.2, -0.15) is 0 Å². The Hall–Kier alpha value is -0.110. The Morgan fingerprint density at radius 2 is 1.25 bits per heavy atom. The van der Waals surface area contributed by atoms with E-state index in [2.05, 4.69) is 13.8 Å². The fourth-order valence-electron chi connectivity index (χ4n) is 0. The van der Waals surface area contributed by atoms with Crippen molar-refractivity contribution >= 4 is 0 Å². The van der Waals surface area contributed by atoms with Gasteiger partial charge in [0.25, 0.3) is 0 Å². The summed E-state index contributed by atoms with van der Waals surface area (Å²) in [4.78, 5) is 0. The molecule has 0 aliphatic carbocycles. The van der Waals surface area contributed by atoms with E-state index in [1.165, 1.54) is 6.42 Å². The fourth-order valence-corrected chi connectivity index (χ4v) is 0. The molecule has 0 aromatic rings. The Bertz CT molecular complexity index is 19.7. The molecule has 0 radical (unpaired) electrons. The smallest absolute Gasteiger partial charge is 0.00179 e. The highest BCUT2D eigenvalue weighted by atomic mass is 19.0. The van der Waals surface area contributed by atoms with Crippen LogP contribution in [0.15, 0.2) is 0 Å². The molecular weight excluding hydrogens is 105 g/mol. The number of hydrogen-bond donors (Lipinski definition) is 1. The molecule has 54 valence electrons. The van der Waals surface area contributed by atoms with Gasteiger partial charge in [0, 0.05) is 0 Å². The first-order valence-electron chi connectivity index (χ1n) is 2.90. The topological polar surface area (TPSA) is 26.0 Å². The predicted molar refractivity (Wildman–Crippen MR) is 37.8 cm³/mol. The largest absolute Gasteiger partial charge is 0.328 e. The van der Waals surface area contributed by atoms with Gasteiger partial charge in [0.15, 0.2) is 0 Å². The van der Waals surface area contributed by atoms with Gasteiger partial charge in [-0.05, 0) is 6.04 Å². The summed E-state index contributed by atoms with van der Waals surface area (Å²) < 4.78 is 0. The SMILES string of the molecule is CC(C)N.CCC.F. The van der Waals surface area contributed by atoms with E-state index in [4.69, 9.17) is 5.73 Å². The van der Waals surface area contributed by atoms with Gasteiger partial charge in [0.2, 0.25) is 0 Å². The quantitative estimate of drug-likeness (QED) is 0.523. The molecule has 0 bridgehead atoms. The number of nitrogens with two attached hydrogens (primary N) is 1. The third-order valence-electron chi connectivity index (χ3n) is 0. The molecule has 0 atom stereocenters. The van der Waals surface area contributed by atoms with E-state index in [1.807, 2.05) is 13.8 Å². The van der Waals surface area contributed by atoms with Crippen molar-refractivity contribution in [2.24, 2.45) is 5.73 Å². The third kappa shape index (κ3) is 11600. The van der Waals surface area contributed by atoms with E-state index in [9.17, 15) is 0 Å². The lowest BCUT2D eigenvalue weighted by Crippen LogP contribution is -2.06. The van der Waals surface area contributed by atoms with Gasteiger partial charge in [-0.3, -0.25) is 4.70 Å².